The molecule has 9 nitrogen and oxygen atoms in total. The summed E-state index contributed by atoms with van der Waals surface area (Å²) in [5.41, 5.74) is 0.614. The SMILES string of the molecule is CC(C)(O)CNC12CCC(CNc3nc(N4CCOCC4)cc(-n4c(C(F)F)nc5ccccc54)n3)(CC1)CC2. The predicted octanol–water partition coefficient (Wildman–Crippen LogP) is 4.46. The molecular weight excluding hydrogens is 516 g/mol. The quantitative estimate of drug-likeness (QED) is 0.356. The number of hydrogen-bond donors (Lipinski definition) is 3. The van der Waals surface area contributed by atoms with Crippen LogP contribution in [0.3, 0.4) is 0 Å². The Kier molecular flexibility index (Phi) is 7.16. The molecule has 11 heteroatoms. The molecule has 4 aliphatic rings. The lowest BCUT2D eigenvalue weighted by atomic mass is 9.57. The van der Waals surface area contributed by atoms with Gasteiger partial charge in [-0.25, -0.2) is 13.8 Å². The van der Waals surface area contributed by atoms with Gasteiger partial charge in [0.25, 0.3) is 6.43 Å². The molecule has 1 saturated heterocycles. The van der Waals surface area contributed by atoms with E-state index < -0.39 is 12.0 Å². The predicted molar refractivity (Wildman–Crippen MR) is 150 cm³/mol. The molecular formula is C29H39F2N7O2. The Labute approximate surface area is 233 Å². The zero-order valence-electron chi connectivity index (χ0n) is 23.3. The van der Waals surface area contributed by atoms with Crippen LogP contribution in [0.1, 0.15) is 64.6 Å². The lowest BCUT2D eigenvalue weighted by Gasteiger charge is -2.54. The molecule has 2 aromatic heterocycles. The fourth-order valence-corrected chi connectivity index (χ4v) is 6.47. The highest BCUT2D eigenvalue weighted by molar-refractivity contribution is 5.78. The van der Waals surface area contributed by atoms with Crippen molar-refractivity contribution in [3.8, 4) is 5.82 Å². The van der Waals surface area contributed by atoms with Gasteiger partial charge >= 0.3 is 0 Å². The van der Waals surface area contributed by atoms with Crippen LogP contribution in [0, 0.1) is 5.41 Å². The van der Waals surface area contributed by atoms with Crippen LogP contribution in [0.2, 0.25) is 0 Å². The van der Waals surface area contributed by atoms with Gasteiger partial charge in [-0.1, -0.05) is 12.1 Å². The first kappa shape index (κ1) is 27.3. The largest absolute Gasteiger partial charge is 0.389 e. The van der Waals surface area contributed by atoms with Gasteiger partial charge in [0.1, 0.15) is 11.6 Å². The zero-order valence-corrected chi connectivity index (χ0v) is 23.3. The molecule has 3 aromatic rings. The summed E-state index contributed by atoms with van der Waals surface area (Å²) in [6, 6.07) is 8.92. The number of rotatable bonds is 9. The van der Waals surface area contributed by atoms with Gasteiger partial charge in [-0.15, -0.1) is 0 Å². The summed E-state index contributed by atoms with van der Waals surface area (Å²) in [7, 11) is 0. The van der Waals surface area contributed by atoms with Crippen molar-refractivity contribution in [1.82, 2.24) is 24.8 Å². The maximum atomic E-state index is 14.2. The normalized spacial score (nSPS) is 25.2. The average Bonchev–Trinajstić information content (AvgIpc) is 3.37. The van der Waals surface area contributed by atoms with E-state index in [2.05, 4.69) is 20.5 Å². The highest BCUT2D eigenvalue weighted by Crippen LogP contribution is 2.52. The van der Waals surface area contributed by atoms with Crippen LogP contribution in [0.4, 0.5) is 20.5 Å². The van der Waals surface area contributed by atoms with Crippen LogP contribution < -0.4 is 15.5 Å². The van der Waals surface area contributed by atoms with Gasteiger partial charge in [0.15, 0.2) is 5.82 Å². The summed E-state index contributed by atoms with van der Waals surface area (Å²) in [5, 5.41) is 17.4. The topological polar surface area (TPSA) is 100 Å². The van der Waals surface area contributed by atoms with Gasteiger partial charge in [-0.2, -0.15) is 9.97 Å². The molecule has 0 atom stereocenters. The minimum atomic E-state index is -2.75. The van der Waals surface area contributed by atoms with Crippen molar-refractivity contribution in [2.45, 2.75) is 69.9 Å². The maximum absolute atomic E-state index is 14.2. The molecule has 1 aromatic carbocycles. The number of alkyl halides is 2. The van der Waals surface area contributed by atoms with E-state index in [9.17, 15) is 13.9 Å². The summed E-state index contributed by atoms with van der Waals surface area (Å²) in [6.07, 6.45) is 3.71. The van der Waals surface area contributed by atoms with Crippen LogP contribution in [-0.4, -0.2) is 75.2 Å². The van der Waals surface area contributed by atoms with Crippen molar-refractivity contribution < 1.29 is 18.6 Å². The number of fused-ring (bicyclic) bond motifs is 4. The van der Waals surface area contributed by atoms with E-state index in [1.807, 2.05) is 19.9 Å². The fourth-order valence-electron chi connectivity index (χ4n) is 6.47. The summed E-state index contributed by atoms with van der Waals surface area (Å²) < 4.78 is 35.3. The van der Waals surface area contributed by atoms with Crippen LogP contribution in [0.15, 0.2) is 30.3 Å². The fraction of sp³-hybridized carbons (Fsp3) is 0.621. The number of anilines is 2. The molecule has 0 amide bonds. The number of β-amino-alcohol motifs (C(OH)–C–C–N with tert-alkyl or cyclic N) is 1. The molecule has 0 unspecified atom stereocenters. The van der Waals surface area contributed by atoms with E-state index >= 15 is 0 Å². The summed E-state index contributed by atoms with van der Waals surface area (Å²) in [4.78, 5) is 15.9. The van der Waals surface area contributed by atoms with E-state index in [-0.39, 0.29) is 16.8 Å². The number of halogens is 2. The van der Waals surface area contributed by atoms with Crippen LogP contribution in [0.25, 0.3) is 16.9 Å². The van der Waals surface area contributed by atoms with Crippen molar-refractivity contribution in [2.24, 2.45) is 5.41 Å². The second-order valence-electron chi connectivity index (χ2n) is 12.4. The zero-order chi connectivity index (χ0) is 28.0. The van der Waals surface area contributed by atoms with Crippen molar-refractivity contribution in [3.63, 3.8) is 0 Å². The molecule has 7 rings (SSSR count). The van der Waals surface area contributed by atoms with Gasteiger partial charge in [-0.3, -0.25) is 4.57 Å². The molecule has 3 saturated carbocycles. The van der Waals surface area contributed by atoms with E-state index in [0.29, 0.717) is 61.5 Å². The Morgan fingerprint density at radius 2 is 1.68 bits per heavy atom. The molecule has 216 valence electrons. The molecule has 4 fully saturated rings. The lowest BCUT2D eigenvalue weighted by molar-refractivity contribution is 0.00932. The van der Waals surface area contributed by atoms with E-state index in [4.69, 9.17) is 14.7 Å². The first-order chi connectivity index (χ1) is 19.1. The summed E-state index contributed by atoms with van der Waals surface area (Å²) in [6.45, 7) is 7.52. The second-order valence-corrected chi connectivity index (χ2v) is 12.4. The number of hydrogen-bond acceptors (Lipinski definition) is 8. The number of benzene rings is 1. The second kappa shape index (κ2) is 10.5. The Morgan fingerprint density at radius 1 is 1.00 bits per heavy atom. The van der Waals surface area contributed by atoms with Crippen molar-refractivity contribution in [2.75, 3.05) is 49.6 Å². The highest BCUT2D eigenvalue weighted by atomic mass is 19.3. The average molecular weight is 556 g/mol. The maximum Gasteiger partial charge on any atom is 0.296 e. The van der Waals surface area contributed by atoms with Gasteiger partial charge in [0, 0.05) is 37.8 Å². The highest BCUT2D eigenvalue weighted by Gasteiger charge is 2.48. The van der Waals surface area contributed by atoms with E-state index in [1.54, 1.807) is 24.3 Å². The van der Waals surface area contributed by atoms with Crippen LogP contribution >= 0.6 is 0 Å². The third-order valence-corrected chi connectivity index (χ3v) is 8.96. The Hall–Kier alpha value is -2.89. The third kappa shape index (κ3) is 5.51. The standard InChI is InChI=1S/C29H39F2N7O2/c1-27(2,39)18-33-29-10-7-28(8-11-29,9-12-29)19-32-26-35-22(37-13-15-40-16-14-37)17-23(36-26)38-21-6-4-3-5-20(21)34-25(38)24(30)31/h3-6,17,24,33,39H,7-16,18-19H2,1-2H3,(H,32,35,36). The van der Waals surface area contributed by atoms with Crippen molar-refractivity contribution in [3.05, 3.63) is 36.2 Å². The number of nitrogens with one attached hydrogen (secondary N) is 2. The van der Waals surface area contributed by atoms with Gasteiger partial charge in [0.05, 0.1) is 29.8 Å². The monoisotopic (exact) mass is 555 g/mol. The number of imidazole rings is 1. The first-order valence-corrected chi connectivity index (χ1v) is 14.3. The minimum Gasteiger partial charge on any atom is -0.389 e. The number of aromatic nitrogens is 4. The van der Waals surface area contributed by atoms with E-state index in [1.165, 1.54) is 4.57 Å². The Balaban J connectivity index is 1.27. The van der Waals surface area contributed by atoms with Gasteiger partial charge in [0.2, 0.25) is 5.95 Å². The molecule has 3 N–H and O–H groups in total. The smallest absolute Gasteiger partial charge is 0.296 e. The summed E-state index contributed by atoms with van der Waals surface area (Å²) in [5.74, 6) is 1.18. The molecule has 0 spiro atoms. The molecule has 40 heavy (non-hydrogen) atoms. The molecule has 2 bridgehead atoms. The van der Waals surface area contributed by atoms with Crippen molar-refractivity contribution in [1.29, 1.82) is 0 Å². The Morgan fingerprint density at radius 3 is 2.35 bits per heavy atom. The van der Waals surface area contributed by atoms with Crippen LogP contribution in [0.5, 0.6) is 0 Å². The first-order valence-electron chi connectivity index (χ1n) is 14.3. The lowest BCUT2D eigenvalue weighted by Crippen LogP contribution is -2.58. The van der Waals surface area contributed by atoms with E-state index in [0.717, 1.165) is 45.1 Å². The number of para-hydroxylation sites is 2. The molecule has 1 aliphatic heterocycles. The number of aliphatic hydroxyl groups is 1. The Bertz CT molecular complexity index is 1330. The molecule has 3 aliphatic carbocycles. The van der Waals surface area contributed by atoms with Gasteiger partial charge < -0.3 is 25.4 Å². The number of morpholine rings is 1. The number of ether oxygens (including phenoxy) is 1. The van der Waals surface area contributed by atoms with Crippen LogP contribution in [-0.2, 0) is 4.74 Å². The number of nitrogens with zero attached hydrogens (tertiary/aromatic N) is 5. The summed E-state index contributed by atoms with van der Waals surface area (Å²) >= 11 is 0. The minimum absolute atomic E-state index is 0.107. The van der Waals surface area contributed by atoms with Gasteiger partial charge in [-0.05, 0) is 69.9 Å². The molecule has 0 radical (unpaired) electrons. The third-order valence-electron chi connectivity index (χ3n) is 8.96. The molecule has 3 heterocycles. The van der Waals surface area contributed by atoms with Crippen molar-refractivity contribution >= 4 is 22.8 Å².